The van der Waals surface area contributed by atoms with E-state index in [1.165, 1.54) is 23.3 Å². The van der Waals surface area contributed by atoms with E-state index in [1.54, 1.807) is 0 Å². The number of aryl methyl sites for hydroxylation is 1. The average Bonchev–Trinajstić information content (AvgIpc) is 3.54. The van der Waals surface area contributed by atoms with Crippen molar-refractivity contribution in [2.45, 2.75) is 57.2 Å². The van der Waals surface area contributed by atoms with Gasteiger partial charge in [0.25, 0.3) is 5.91 Å². The maximum absolute atomic E-state index is 13.1. The minimum Gasteiger partial charge on any atom is -0.480 e. The van der Waals surface area contributed by atoms with Crippen LogP contribution in [0.2, 0.25) is 0 Å². The van der Waals surface area contributed by atoms with Crippen molar-refractivity contribution in [2.24, 2.45) is 0 Å². The molecule has 9 nitrogen and oxygen atoms in total. The van der Waals surface area contributed by atoms with Crippen LogP contribution in [0.15, 0.2) is 66.7 Å². The Balaban J connectivity index is 1.15. The molecule has 0 spiro atoms. The number of nitrogens with zero attached hydrogens (tertiary/aromatic N) is 3. The number of benzene rings is 2. The lowest BCUT2D eigenvalue weighted by molar-refractivity contribution is -0.141. The van der Waals surface area contributed by atoms with Crippen LogP contribution in [-0.2, 0) is 11.2 Å². The third kappa shape index (κ3) is 6.02. The van der Waals surface area contributed by atoms with Gasteiger partial charge in [0.05, 0.1) is 16.3 Å². The number of carbonyl (C=O) groups excluding carboxylic acids is 2. The van der Waals surface area contributed by atoms with E-state index >= 15 is 0 Å². The van der Waals surface area contributed by atoms with E-state index in [0.717, 1.165) is 40.0 Å². The Bertz CT molecular complexity index is 1490. The molecule has 0 saturated heterocycles. The number of carbonyl (C=O) groups is 3. The number of fused-ring (bicyclic) bond motifs is 1. The van der Waals surface area contributed by atoms with Gasteiger partial charge in [-0.15, -0.1) is 11.3 Å². The zero-order valence-corrected chi connectivity index (χ0v) is 23.4. The average molecular weight is 560 g/mol. The first kappa shape index (κ1) is 27.4. The SMILES string of the molecule is Cc1nn(-c2ccccc2)c2sc(C(=O)NC3CCC(NC(=O)N(C)C(Cc4ccccc4)C(=O)O)CC3)cc12. The van der Waals surface area contributed by atoms with Gasteiger partial charge >= 0.3 is 12.0 Å². The fourth-order valence-corrected chi connectivity index (χ4v) is 6.27. The number of hydrogen-bond acceptors (Lipinski definition) is 5. The highest BCUT2D eigenvalue weighted by Gasteiger charge is 2.30. The van der Waals surface area contributed by atoms with Crippen molar-refractivity contribution < 1.29 is 19.5 Å². The highest BCUT2D eigenvalue weighted by molar-refractivity contribution is 7.20. The zero-order valence-electron chi connectivity index (χ0n) is 22.5. The predicted octanol–water partition coefficient (Wildman–Crippen LogP) is 4.77. The summed E-state index contributed by atoms with van der Waals surface area (Å²) in [6.45, 7) is 1.95. The first-order valence-corrected chi connectivity index (χ1v) is 14.3. The maximum atomic E-state index is 13.1. The topological polar surface area (TPSA) is 117 Å². The Morgan fingerprint density at radius 3 is 2.23 bits per heavy atom. The van der Waals surface area contributed by atoms with Crippen molar-refractivity contribution in [1.29, 1.82) is 0 Å². The number of thiophene rings is 1. The molecular formula is C30H33N5O4S. The van der Waals surface area contributed by atoms with E-state index in [1.807, 2.05) is 78.3 Å². The number of carboxylic acids is 1. The molecule has 0 bridgehead atoms. The molecule has 2 aromatic heterocycles. The van der Waals surface area contributed by atoms with Crippen molar-refractivity contribution in [3.63, 3.8) is 0 Å². The normalized spacial score (nSPS) is 17.8. The van der Waals surface area contributed by atoms with E-state index in [4.69, 9.17) is 0 Å². The van der Waals surface area contributed by atoms with Crippen molar-refractivity contribution in [3.05, 3.63) is 82.9 Å². The molecule has 0 radical (unpaired) electrons. The van der Waals surface area contributed by atoms with E-state index in [-0.39, 0.29) is 24.4 Å². The van der Waals surface area contributed by atoms with Crippen LogP contribution in [0.3, 0.4) is 0 Å². The smallest absolute Gasteiger partial charge is 0.326 e. The molecule has 40 heavy (non-hydrogen) atoms. The van der Waals surface area contributed by atoms with Crippen LogP contribution in [0.5, 0.6) is 0 Å². The fraction of sp³-hybridized carbons (Fsp3) is 0.333. The standard InChI is InChI=1S/C30H33N5O4S/c1-19-24-18-26(40-28(24)35(33-19)23-11-7-4-8-12-23)27(36)31-21-13-15-22(16-14-21)32-30(39)34(2)25(29(37)38)17-20-9-5-3-6-10-20/h3-12,18,21-22,25H,13-17H2,1-2H3,(H,31,36)(H,32,39)(H,37,38). The van der Waals surface area contributed by atoms with E-state index in [0.29, 0.717) is 17.7 Å². The highest BCUT2D eigenvalue weighted by atomic mass is 32.1. The summed E-state index contributed by atoms with van der Waals surface area (Å²) in [6.07, 6.45) is 3.10. The number of aliphatic carboxylic acids is 1. The summed E-state index contributed by atoms with van der Waals surface area (Å²) in [7, 11) is 1.52. The number of carboxylic acid groups (broad SMARTS) is 1. The Hall–Kier alpha value is -4.18. The molecule has 2 heterocycles. The van der Waals surface area contributed by atoms with Crippen LogP contribution in [0, 0.1) is 6.92 Å². The van der Waals surface area contributed by atoms with Crippen molar-refractivity contribution in [2.75, 3.05) is 7.05 Å². The molecule has 1 atom stereocenters. The Morgan fingerprint density at radius 1 is 1.00 bits per heavy atom. The van der Waals surface area contributed by atoms with Crippen molar-refractivity contribution in [3.8, 4) is 5.69 Å². The molecule has 0 aliphatic heterocycles. The van der Waals surface area contributed by atoms with Gasteiger partial charge < -0.3 is 20.6 Å². The quantitative estimate of drug-likeness (QED) is 0.288. The summed E-state index contributed by atoms with van der Waals surface area (Å²) in [4.78, 5) is 40.7. The van der Waals surface area contributed by atoms with Crippen LogP contribution in [0.25, 0.3) is 15.9 Å². The molecule has 1 fully saturated rings. The van der Waals surface area contributed by atoms with Gasteiger partial charge in [0, 0.05) is 30.9 Å². The molecule has 1 aliphatic carbocycles. The van der Waals surface area contributed by atoms with E-state index in [2.05, 4.69) is 15.7 Å². The van der Waals surface area contributed by atoms with Crippen LogP contribution in [-0.4, -0.2) is 62.9 Å². The van der Waals surface area contributed by atoms with Crippen LogP contribution in [0.1, 0.15) is 46.6 Å². The third-order valence-corrected chi connectivity index (χ3v) is 8.61. The van der Waals surface area contributed by atoms with Crippen LogP contribution >= 0.6 is 11.3 Å². The lowest BCUT2D eigenvalue weighted by Gasteiger charge is -2.32. The molecule has 3 amide bonds. The minimum absolute atomic E-state index is 0.0140. The maximum Gasteiger partial charge on any atom is 0.326 e. The number of amides is 3. The van der Waals surface area contributed by atoms with Gasteiger partial charge in [0.1, 0.15) is 10.9 Å². The number of rotatable bonds is 8. The van der Waals surface area contributed by atoms with Gasteiger partial charge in [-0.3, -0.25) is 4.79 Å². The van der Waals surface area contributed by atoms with E-state index < -0.39 is 18.0 Å². The molecule has 5 rings (SSSR count). The summed E-state index contributed by atoms with van der Waals surface area (Å²) in [5.41, 5.74) is 2.69. The second-order valence-electron chi connectivity index (χ2n) is 10.3. The van der Waals surface area contributed by atoms with Crippen LogP contribution < -0.4 is 10.6 Å². The molecule has 1 unspecified atom stereocenters. The van der Waals surface area contributed by atoms with Gasteiger partial charge in [-0.05, 0) is 56.4 Å². The Labute approximate surface area is 236 Å². The number of nitrogens with one attached hydrogen (secondary N) is 2. The number of hydrogen-bond donors (Lipinski definition) is 3. The first-order chi connectivity index (χ1) is 19.3. The molecule has 208 valence electrons. The summed E-state index contributed by atoms with van der Waals surface area (Å²) in [6, 6.07) is 19.7. The van der Waals surface area contributed by atoms with E-state index in [9.17, 15) is 19.5 Å². The third-order valence-electron chi connectivity index (χ3n) is 7.50. The summed E-state index contributed by atoms with van der Waals surface area (Å²) < 4.78 is 1.88. The number of urea groups is 1. The molecule has 1 saturated carbocycles. The second-order valence-corrected chi connectivity index (χ2v) is 11.3. The molecule has 3 N–H and O–H groups in total. The lowest BCUT2D eigenvalue weighted by atomic mass is 9.91. The zero-order chi connectivity index (χ0) is 28.2. The van der Waals surface area contributed by atoms with Gasteiger partial charge in [0.2, 0.25) is 0 Å². The minimum atomic E-state index is -1.04. The van der Waals surface area contributed by atoms with Gasteiger partial charge in [-0.2, -0.15) is 5.10 Å². The summed E-state index contributed by atoms with van der Waals surface area (Å²) in [5.74, 6) is -1.14. The second kappa shape index (κ2) is 11.9. The molecule has 10 heteroatoms. The fourth-order valence-electron chi connectivity index (χ4n) is 5.19. The molecular weight excluding hydrogens is 526 g/mol. The first-order valence-electron chi connectivity index (χ1n) is 13.5. The Kier molecular flexibility index (Phi) is 8.16. The molecule has 4 aromatic rings. The molecule has 2 aromatic carbocycles. The molecule has 1 aliphatic rings. The van der Waals surface area contributed by atoms with Crippen LogP contribution in [0.4, 0.5) is 4.79 Å². The Morgan fingerprint density at radius 2 is 1.60 bits per heavy atom. The van der Waals surface area contributed by atoms with Gasteiger partial charge in [-0.25, -0.2) is 14.3 Å². The van der Waals surface area contributed by atoms with Gasteiger partial charge in [-0.1, -0.05) is 48.5 Å². The summed E-state index contributed by atoms with van der Waals surface area (Å²) in [5, 5.41) is 21.5. The van der Waals surface area contributed by atoms with Crippen molar-refractivity contribution >= 4 is 39.5 Å². The van der Waals surface area contributed by atoms with Crippen molar-refractivity contribution in [1.82, 2.24) is 25.3 Å². The largest absolute Gasteiger partial charge is 0.480 e. The summed E-state index contributed by atoms with van der Waals surface area (Å²) >= 11 is 1.43. The highest BCUT2D eigenvalue weighted by Crippen LogP contribution is 2.31. The predicted molar refractivity (Wildman–Crippen MR) is 155 cm³/mol. The number of likely N-dealkylation sites (N-methyl/N-ethyl adjacent to an activating group) is 1. The van der Waals surface area contributed by atoms with Gasteiger partial charge in [0.15, 0.2) is 0 Å². The number of aromatic nitrogens is 2. The lowest BCUT2D eigenvalue weighted by Crippen LogP contribution is -2.52. The monoisotopic (exact) mass is 559 g/mol. The number of para-hydroxylation sites is 1.